The van der Waals surface area contributed by atoms with Crippen molar-refractivity contribution in [2.24, 2.45) is 0 Å². The molecule has 0 saturated heterocycles. The zero-order chi connectivity index (χ0) is 15.0. The van der Waals surface area contributed by atoms with Crippen LogP contribution in [0.15, 0.2) is 24.3 Å². The molecule has 1 unspecified atom stereocenters. The standard InChI is InChI=1S/C17H17ClF2/c1-9-7-10(2)12(4)16(11(9)3)17(18)14-6-5-13(19)8-15(14)20/h5-8,17H,1-4H3. The minimum absolute atomic E-state index is 0.310. The summed E-state index contributed by atoms with van der Waals surface area (Å²) in [4.78, 5) is 0. The van der Waals surface area contributed by atoms with Crippen molar-refractivity contribution in [3.05, 3.63) is 69.3 Å². The maximum Gasteiger partial charge on any atom is 0.131 e. The lowest BCUT2D eigenvalue weighted by Gasteiger charge is -2.20. The monoisotopic (exact) mass is 294 g/mol. The Morgan fingerprint density at radius 3 is 1.95 bits per heavy atom. The highest BCUT2D eigenvalue weighted by atomic mass is 35.5. The molecule has 0 N–H and O–H groups in total. The zero-order valence-electron chi connectivity index (χ0n) is 12.0. The van der Waals surface area contributed by atoms with E-state index in [1.807, 2.05) is 27.7 Å². The van der Waals surface area contributed by atoms with Gasteiger partial charge in [0.05, 0.1) is 5.38 Å². The molecule has 0 aromatic heterocycles. The van der Waals surface area contributed by atoms with Gasteiger partial charge in [0.1, 0.15) is 11.6 Å². The molecule has 2 aromatic carbocycles. The number of halogens is 3. The largest absolute Gasteiger partial charge is 0.207 e. The first-order valence-corrected chi connectivity index (χ1v) is 6.93. The molecule has 0 heterocycles. The molecule has 0 nitrogen and oxygen atoms in total. The molecule has 0 radical (unpaired) electrons. The summed E-state index contributed by atoms with van der Waals surface area (Å²) in [6, 6.07) is 5.62. The highest BCUT2D eigenvalue weighted by Gasteiger charge is 2.21. The van der Waals surface area contributed by atoms with Crippen LogP contribution < -0.4 is 0 Å². The molecule has 0 fully saturated rings. The molecule has 1 atom stereocenters. The Morgan fingerprint density at radius 1 is 0.900 bits per heavy atom. The van der Waals surface area contributed by atoms with Crippen LogP contribution in [0.3, 0.4) is 0 Å². The lowest BCUT2D eigenvalue weighted by Crippen LogP contribution is -2.05. The highest BCUT2D eigenvalue weighted by molar-refractivity contribution is 6.22. The predicted octanol–water partition coefficient (Wildman–Crippen LogP) is 5.53. The molecule has 2 rings (SSSR count). The Bertz CT molecular complexity index is 636. The maximum absolute atomic E-state index is 13.9. The molecule has 0 amide bonds. The Hall–Kier alpha value is -1.41. The maximum atomic E-state index is 13.9. The number of rotatable bonds is 2. The molecule has 0 saturated carbocycles. The molecule has 0 aliphatic heterocycles. The van der Waals surface area contributed by atoms with Crippen LogP contribution >= 0.6 is 11.6 Å². The van der Waals surface area contributed by atoms with E-state index < -0.39 is 17.0 Å². The van der Waals surface area contributed by atoms with Gasteiger partial charge in [-0.3, -0.25) is 0 Å². The van der Waals surface area contributed by atoms with Crippen LogP contribution in [0.2, 0.25) is 0 Å². The van der Waals surface area contributed by atoms with Gasteiger partial charge in [-0.25, -0.2) is 8.78 Å². The van der Waals surface area contributed by atoms with Gasteiger partial charge in [-0.05, 0) is 61.6 Å². The van der Waals surface area contributed by atoms with Crippen molar-refractivity contribution in [1.82, 2.24) is 0 Å². The van der Waals surface area contributed by atoms with E-state index in [9.17, 15) is 8.78 Å². The molecule has 0 aliphatic carbocycles. The van der Waals surface area contributed by atoms with Crippen LogP contribution in [-0.2, 0) is 0 Å². The second kappa shape index (κ2) is 5.53. The molecule has 106 valence electrons. The van der Waals surface area contributed by atoms with Gasteiger partial charge in [0.15, 0.2) is 0 Å². The van der Waals surface area contributed by atoms with E-state index in [1.54, 1.807) is 0 Å². The first-order chi connectivity index (χ1) is 9.32. The van der Waals surface area contributed by atoms with Crippen molar-refractivity contribution < 1.29 is 8.78 Å². The second-order valence-corrected chi connectivity index (χ2v) is 5.64. The number of alkyl halides is 1. The summed E-state index contributed by atoms with van der Waals surface area (Å²) in [6.07, 6.45) is 0. The number of benzene rings is 2. The van der Waals surface area contributed by atoms with Gasteiger partial charge in [0, 0.05) is 11.6 Å². The van der Waals surface area contributed by atoms with Gasteiger partial charge in [-0.15, -0.1) is 11.6 Å². The van der Waals surface area contributed by atoms with E-state index in [0.717, 1.165) is 33.9 Å². The van der Waals surface area contributed by atoms with E-state index >= 15 is 0 Å². The molecule has 20 heavy (non-hydrogen) atoms. The average molecular weight is 295 g/mol. The average Bonchev–Trinajstić information content (AvgIpc) is 2.36. The summed E-state index contributed by atoms with van der Waals surface area (Å²) < 4.78 is 26.9. The van der Waals surface area contributed by atoms with Gasteiger partial charge >= 0.3 is 0 Å². The Kier molecular flexibility index (Phi) is 4.14. The topological polar surface area (TPSA) is 0 Å². The van der Waals surface area contributed by atoms with Gasteiger partial charge in [0.2, 0.25) is 0 Å². The van der Waals surface area contributed by atoms with Crippen LogP contribution in [0.25, 0.3) is 0 Å². The van der Waals surface area contributed by atoms with Gasteiger partial charge < -0.3 is 0 Å². The van der Waals surface area contributed by atoms with E-state index in [-0.39, 0.29) is 0 Å². The fourth-order valence-corrected chi connectivity index (χ4v) is 2.99. The van der Waals surface area contributed by atoms with E-state index in [1.165, 1.54) is 12.1 Å². The molecule has 0 aliphatic rings. The fraction of sp³-hybridized carbons (Fsp3) is 0.294. The van der Waals surface area contributed by atoms with E-state index in [4.69, 9.17) is 11.6 Å². The quantitative estimate of drug-likeness (QED) is 0.639. The Labute approximate surface area is 123 Å². The van der Waals surface area contributed by atoms with Crippen LogP contribution in [0.4, 0.5) is 8.78 Å². The van der Waals surface area contributed by atoms with E-state index in [0.29, 0.717) is 5.56 Å². The van der Waals surface area contributed by atoms with Crippen LogP contribution in [0.1, 0.15) is 38.8 Å². The summed E-state index contributed by atoms with van der Waals surface area (Å²) in [5.41, 5.74) is 5.57. The molecular formula is C17H17ClF2. The van der Waals surface area contributed by atoms with Gasteiger partial charge in [-0.1, -0.05) is 12.1 Å². The minimum Gasteiger partial charge on any atom is -0.207 e. The summed E-state index contributed by atoms with van der Waals surface area (Å²) in [5.74, 6) is -1.20. The van der Waals surface area contributed by atoms with Crippen molar-refractivity contribution in [3.8, 4) is 0 Å². The lowest BCUT2D eigenvalue weighted by molar-refractivity contribution is 0.573. The molecule has 2 aromatic rings. The van der Waals surface area contributed by atoms with Crippen molar-refractivity contribution >= 4 is 11.6 Å². The second-order valence-electron chi connectivity index (χ2n) is 5.20. The fourth-order valence-electron chi connectivity index (χ4n) is 2.49. The first kappa shape index (κ1) is 15.0. The van der Waals surface area contributed by atoms with Crippen LogP contribution in [0.5, 0.6) is 0 Å². The third-order valence-corrected chi connectivity index (χ3v) is 4.37. The predicted molar refractivity (Wildman–Crippen MR) is 79.4 cm³/mol. The summed E-state index contributed by atoms with van der Waals surface area (Å²) in [5, 5.41) is -0.616. The van der Waals surface area contributed by atoms with E-state index in [2.05, 4.69) is 6.07 Å². The van der Waals surface area contributed by atoms with Crippen LogP contribution in [-0.4, -0.2) is 0 Å². The summed E-state index contributed by atoms with van der Waals surface area (Å²) >= 11 is 6.48. The third-order valence-electron chi connectivity index (χ3n) is 3.91. The number of aryl methyl sites for hydroxylation is 2. The zero-order valence-corrected chi connectivity index (χ0v) is 12.8. The molecule has 0 spiro atoms. The summed E-state index contributed by atoms with van der Waals surface area (Å²) in [7, 11) is 0. The Morgan fingerprint density at radius 2 is 1.45 bits per heavy atom. The molecular weight excluding hydrogens is 278 g/mol. The smallest absolute Gasteiger partial charge is 0.131 e. The minimum atomic E-state index is -0.616. The highest BCUT2D eigenvalue weighted by Crippen LogP contribution is 2.37. The summed E-state index contributed by atoms with van der Waals surface area (Å²) in [6.45, 7) is 7.98. The Balaban J connectivity index is 2.62. The molecule has 0 bridgehead atoms. The number of hydrogen-bond acceptors (Lipinski definition) is 0. The van der Waals surface area contributed by atoms with Gasteiger partial charge in [-0.2, -0.15) is 0 Å². The lowest BCUT2D eigenvalue weighted by atomic mass is 9.89. The van der Waals surface area contributed by atoms with Crippen molar-refractivity contribution in [2.45, 2.75) is 33.1 Å². The van der Waals surface area contributed by atoms with Crippen molar-refractivity contribution in [3.63, 3.8) is 0 Å². The third kappa shape index (κ3) is 2.57. The first-order valence-electron chi connectivity index (χ1n) is 6.49. The normalized spacial score (nSPS) is 12.6. The van der Waals surface area contributed by atoms with Crippen molar-refractivity contribution in [1.29, 1.82) is 0 Å². The molecule has 3 heteroatoms. The van der Waals surface area contributed by atoms with Crippen LogP contribution in [0, 0.1) is 39.3 Å². The SMILES string of the molecule is Cc1cc(C)c(C)c(C(Cl)c2ccc(F)cc2F)c1C. The number of hydrogen-bond donors (Lipinski definition) is 0. The van der Waals surface area contributed by atoms with Crippen molar-refractivity contribution in [2.75, 3.05) is 0 Å². The van der Waals surface area contributed by atoms with Gasteiger partial charge in [0.25, 0.3) is 0 Å².